The Morgan fingerprint density at radius 2 is 1.85 bits per heavy atom. The molecule has 0 atom stereocenters. The minimum atomic E-state index is -3.51. The van der Waals surface area contributed by atoms with Crippen LogP contribution in [0, 0.1) is 5.41 Å². The zero-order valence-electron chi connectivity index (χ0n) is 11.5. The first-order valence-corrected chi connectivity index (χ1v) is 8.41. The minimum Gasteiger partial charge on any atom is -0.381 e. The van der Waals surface area contributed by atoms with E-state index < -0.39 is 15.4 Å². The largest absolute Gasteiger partial charge is 0.381 e. The standard InChI is InChI=1S/C14H21NO4S/c15-20(16,17)12-14(6-8-18-9-7-14)11-19-10-13-4-2-1-3-5-13/h1-5H,6-12H2,(H2,15,16,17). The molecule has 0 spiro atoms. The summed E-state index contributed by atoms with van der Waals surface area (Å²) in [6.07, 6.45) is 1.33. The summed E-state index contributed by atoms with van der Waals surface area (Å²) < 4.78 is 33.9. The van der Waals surface area contributed by atoms with E-state index in [2.05, 4.69) is 0 Å². The molecule has 2 rings (SSSR count). The summed E-state index contributed by atoms with van der Waals surface area (Å²) in [5, 5.41) is 5.21. The Labute approximate surface area is 120 Å². The summed E-state index contributed by atoms with van der Waals surface area (Å²) in [7, 11) is -3.51. The molecule has 1 aromatic carbocycles. The van der Waals surface area contributed by atoms with E-state index in [9.17, 15) is 8.42 Å². The van der Waals surface area contributed by atoms with Crippen LogP contribution >= 0.6 is 0 Å². The van der Waals surface area contributed by atoms with Gasteiger partial charge < -0.3 is 9.47 Å². The molecule has 2 N–H and O–H groups in total. The number of rotatable bonds is 6. The monoisotopic (exact) mass is 299 g/mol. The predicted octanol–water partition coefficient (Wildman–Crippen LogP) is 1.29. The number of nitrogens with two attached hydrogens (primary N) is 1. The Morgan fingerprint density at radius 3 is 2.45 bits per heavy atom. The van der Waals surface area contributed by atoms with Gasteiger partial charge in [0.25, 0.3) is 0 Å². The van der Waals surface area contributed by atoms with E-state index >= 15 is 0 Å². The smallest absolute Gasteiger partial charge is 0.209 e. The molecule has 0 radical (unpaired) electrons. The van der Waals surface area contributed by atoms with E-state index in [0.29, 0.717) is 39.3 Å². The molecule has 1 aliphatic rings. The van der Waals surface area contributed by atoms with Gasteiger partial charge in [-0.05, 0) is 18.4 Å². The Kier molecular flexibility index (Phi) is 5.15. The van der Waals surface area contributed by atoms with Gasteiger partial charge >= 0.3 is 0 Å². The SMILES string of the molecule is NS(=O)(=O)CC1(COCc2ccccc2)CCOCC1. The van der Waals surface area contributed by atoms with Crippen molar-refractivity contribution in [3.63, 3.8) is 0 Å². The third-order valence-electron chi connectivity index (χ3n) is 3.58. The van der Waals surface area contributed by atoms with Crippen molar-refractivity contribution in [1.29, 1.82) is 0 Å². The average molecular weight is 299 g/mol. The van der Waals surface area contributed by atoms with Crippen LogP contribution in [0.3, 0.4) is 0 Å². The van der Waals surface area contributed by atoms with Crippen molar-refractivity contribution in [2.75, 3.05) is 25.6 Å². The second-order valence-corrected chi connectivity index (χ2v) is 7.01. The molecule has 0 bridgehead atoms. The van der Waals surface area contributed by atoms with Crippen LogP contribution in [0.1, 0.15) is 18.4 Å². The lowest BCUT2D eigenvalue weighted by Crippen LogP contribution is -2.41. The maximum absolute atomic E-state index is 11.4. The maximum Gasteiger partial charge on any atom is 0.209 e. The van der Waals surface area contributed by atoms with Gasteiger partial charge in [0.05, 0.1) is 19.0 Å². The molecule has 6 heteroatoms. The van der Waals surface area contributed by atoms with Gasteiger partial charge in [-0.3, -0.25) is 0 Å². The molecule has 0 amide bonds. The van der Waals surface area contributed by atoms with Gasteiger partial charge in [-0.25, -0.2) is 13.6 Å². The van der Waals surface area contributed by atoms with Crippen molar-refractivity contribution in [3.8, 4) is 0 Å². The van der Waals surface area contributed by atoms with E-state index in [1.165, 1.54) is 0 Å². The van der Waals surface area contributed by atoms with Crippen LogP contribution < -0.4 is 5.14 Å². The second kappa shape index (κ2) is 6.67. The van der Waals surface area contributed by atoms with Gasteiger partial charge in [0.15, 0.2) is 0 Å². The van der Waals surface area contributed by atoms with Crippen LogP contribution in [-0.2, 0) is 26.1 Å². The molecule has 0 saturated carbocycles. The minimum absolute atomic E-state index is 0.0435. The van der Waals surface area contributed by atoms with Crippen molar-refractivity contribution in [3.05, 3.63) is 35.9 Å². The van der Waals surface area contributed by atoms with Crippen LogP contribution in [-0.4, -0.2) is 34.0 Å². The van der Waals surface area contributed by atoms with E-state index in [0.717, 1.165) is 5.56 Å². The molecular weight excluding hydrogens is 278 g/mol. The number of sulfonamides is 1. The molecule has 1 heterocycles. The lowest BCUT2D eigenvalue weighted by atomic mass is 9.83. The van der Waals surface area contributed by atoms with Crippen LogP contribution in [0.25, 0.3) is 0 Å². The Hall–Kier alpha value is -0.950. The van der Waals surface area contributed by atoms with Crippen molar-refractivity contribution in [1.82, 2.24) is 0 Å². The quantitative estimate of drug-likeness (QED) is 0.858. The fourth-order valence-electron chi connectivity index (χ4n) is 2.52. The van der Waals surface area contributed by atoms with Gasteiger partial charge in [0.1, 0.15) is 0 Å². The summed E-state index contributed by atoms with van der Waals surface area (Å²) in [5.74, 6) is -0.0435. The fourth-order valence-corrected chi connectivity index (χ4v) is 3.75. The third-order valence-corrected chi connectivity index (χ3v) is 4.60. The predicted molar refractivity (Wildman–Crippen MR) is 76.6 cm³/mol. The summed E-state index contributed by atoms with van der Waals surface area (Å²) in [5.41, 5.74) is 0.658. The van der Waals surface area contributed by atoms with Crippen LogP contribution in [0.15, 0.2) is 30.3 Å². The first-order chi connectivity index (χ1) is 9.49. The highest BCUT2D eigenvalue weighted by molar-refractivity contribution is 7.89. The van der Waals surface area contributed by atoms with Crippen LogP contribution in [0.4, 0.5) is 0 Å². The Balaban J connectivity index is 1.94. The molecule has 112 valence electrons. The van der Waals surface area contributed by atoms with Gasteiger partial charge in [0, 0.05) is 18.6 Å². The van der Waals surface area contributed by atoms with Crippen LogP contribution in [0.2, 0.25) is 0 Å². The number of benzene rings is 1. The van der Waals surface area contributed by atoms with Gasteiger partial charge in [-0.15, -0.1) is 0 Å². The van der Waals surface area contributed by atoms with Crippen molar-refractivity contribution in [2.45, 2.75) is 19.4 Å². The zero-order valence-corrected chi connectivity index (χ0v) is 12.3. The number of ether oxygens (including phenoxy) is 2. The highest BCUT2D eigenvalue weighted by atomic mass is 32.2. The fraction of sp³-hybridized carbons (Fsp3) is 0.571. The molecule has 5 nitrogen and oxygen atoms in total. The summed E-state index contributed by atoms with van der Waals surface area (Å²) in [4.78, 5) is 0. The summed E-state index contributed by atoms with van der Waals surface area (Å²) >= 11 is 0. The molecule has 1 aliphatic heterocycles. The summed E-state index contributed by atoms with van der Waals surface area (Å²) in [6, 6.07) is 9.82. The van der Waals surface area contributed by atoms with E-state index in [1.807, 2.05) is 30.3 Å². The highest BCUT2D eigenvalue weighted by Gasteiger charge is 2.36. The van der Waals surface area contributed by atoms with Gasteiger partial charge in [0.2, 0.25) is 10.0 Å². The second-order valence-electron chi connectivity index (χ2n) is 5.40. The van der Waals surface area contributed by atoms with Gasteiger partial charge in [-0.2, -0.15) is 0 Å². The Bertz CT molecular complexity index is 509. The molecular formula is C14H21NO4S. The molecule has 0 aliphatic carbocycles. The lowest BCUT2D eigenvalue weighted by molar-refractivity contribution is -0.0324. The summed E-state index contributed by atoms with van der Waals surface area (Å²) in [6.45, 7) is 1.99. The van der Waals surface area contributed by atoms with E-state index in [1.54, 1.807) is 0 Å². The van der Waals surface area contributed by atoms with E-state index in [4.69, 9.17) is 14.6 Å². The highest BCUT2D eigenvalue weighted by Crippen LogP contribution is 2.32. The van der Waals surface area contributed by atoms with Gasteiger partial charge in [-0.1, -0.05) is 30.3 Å². The molecule has 1 saturated heterocycles. The average Bonchev–Trinajstić information content (AvgIpc) is 2.39. The zero-order chi connectivity index (χ0) is 14.5. The maximum atomic E-state index is 11.4. The lowest BCUT2D eigenvalue weighted by Gasteiger charge is -2.36. The van der Waals surface area contributed by atoms with E-state index in [-0.39, 0.29) is 5.75 Å². The topological polar surface area (TPSA) is 78.6 Å². The number of hydrogen-bond donors (Lipinski definition) is 1. The molecule has 0 unspecified atom stereocenters. The molecule has 1 fully saturated rings. The third kappa shape index (κ3) is 4.86. The normalized spacial score (nSPS) is 18.9. The first-order valence-electron chi connectivity index (χ1n) is 6.69. The van der Waals surface area contributed by atoms with Crippen molar-refractivity contribution in [2.24, 2.45) is 10.6 Å². The van der Waals surface area contributed by atoms with Crippen LogP contribution in [0.5, 0.6) is 0 Å². The molecule has 0 aromatic heterocycles. The first kappa shape index (κ1) is 15.4. The number of primary sulfonamides is 1. The van der Waals surface area contributed by atoms with Crippen molar-refractivity contribution >= 4 is 10.0 Å². The van der Waals surface area contributed by atoms with Crippen molar-refractivity contribution < 1.29 is 17.9 Å². The molecule has 1 aromatic rings. The number of hydrogen-bond acceptors (Lipinski definition) is 4. The molecule has 20 heavy (non-hydrogen) atoms. The Morgan fingerprint density at radius 1 is 1.20 bits per heavy atom.